The van der Waals surface area contributed by atoms with E-state index in [-0.39, 0.29) is 5.69 Å². The summed E-state index contributed by atoms with van der Waals surface area (Å²) >= 11 is 3.00. The molecular formula is C6H5BrFN3O2. The number of carboxylic acids is 1. The smallest absolute Gasteiger partial charge is 0.364 e. The molecule has 0 atom stereocenters. The molecule has 0 aromatic carbocycles. The third-order valence-corrected chi connectivity index (χ3v) is 1.86. The average molecular weight is 250 g/mol. The molecule has 5 nitrogen and oxygen atoms in total. The minimum absolute atomic E-state index is 0.264. The van der Waals surface area contributed by atoms with Crippen LogP contribution in [-0.2, 0) is 11.8 Å². The fourth-order valence-electron chi connectivity index (χ4n) is 0.674. The molecule has 1 aromatic rings. The van der Waals surface area contributed by atoms with Gasteiger partial charge in [-0.1, -0.05) is 5.21 Å². The van der Waals surface area contributed by atoms with E-state index < -0.39 is 11.8 Å². The number of aromatic nitrogens is 3. The predicted octanol–water partition coefficient (Wildman–Crippen LogP) is 0.973. The highest BCUT2D eigenvalue weighted by molar-refractivity contribution is 9.10. The molecule has 0 saturated carbocycles. The van der Waals surface area contributed by atoms with Crippen LogP contribution in [0.1, 0.15) is 5.69 Å². The van der Waals surface area contributed by atoms with Gasteiger partial charge >= 0.3 is 5.97 Å². The van der Waals surface area contributed by atoms with E-state index in [0.717, 1.165) is 6.08 Å². The van der Waals surface area contributed by atoms with E-state index in [1.165, 1.54) is 11.7 Å². The molecule has 7 heteroatoms. The Morgan fingerprint density at radius 2 is 2.38 bits per heavy atom. The lowest BCUT2D eigenvalue weighted by atomic mass is 10.4. The molecular weight excluding hydrogens is 245 g/mol. The summed E-state index contributed by atoms with van der Waals surface area (Å²) in [5.74, 6) is -2.88. The molecule has 1 N–H and O–H groups in total. The molecule has 1 aromatic heterocycles. The Balaban J connectivity index is 3.10. The van der Waals surface area contributed by atoms with Gasteiger partial charge in [-0.15, -0.1) is 5.10 Å². The zero-order valence-electron chi connectivity index (χ0n) is 6.53. The zero-order chi connectivity index (χ0) is 10.0. The third kappa shape index (κ3) is 2.11. The first kappa shape index (κ1) is 9.85. The van der Waals surface area contributed by atoms with Crippen LogP contribution in [0.15, 0.2) is 10.4 Å². The molecule has 0 bridgehead atoms. The quantitative estimate of drug-likeness (QED) is 0.794. The van der Waals surface area contributed by atoms with E-state index >= 15 is 0 Å². The molecule has 0 radical (unpaired) electrons. The van der Waals surface area contributed by atoms with Gasteiger partial charge in [-0.3, -0.25) is 0 Å². The first-order valence-corrected chi connectivity index (χ1v) is 3.97. The zero-order valence-corrected chi connectivity index (χ0v) is 8.12. The number of aryl methyl sites for hydroxylation is 1. The molecule has 70 valence electrons. The molecule has 0 saturated heterocycles. The summed E-state index contributed by atoms with van der Waals surface area (Å²) in [6, 6.07) is 0. The van der Waals surface area contributed by atoms with Crippen LogP contribution >= 0.6 is 15.9 Å². The third-order valence-electron chi connectivity index (χ3n) is 1.29. The maximum atomic E-state index is 12.6. The van der Waals surface area contributed by atoms with Crippen LogP contribution in [0.2, 0.25) is 0 Å². The number of halogens is 2. The van der Waals surface area contributed by atoms with Crippen molar-refractivity contribution in [1.82, 2.24) is 15.0 Å². The van der Waals surface area contributed by atoms with Crippen molar-refractivity contribution in [3.63, 3.8) is 0 Å². The fraction of sp³-hybridized carbons (Fsp3) is 0.167. The second-order valence-corrected chi connectivity index (χ2v) is 2.94. The van der Waals surface area contributed by atoms with Gasteiger partial charge in [0.1, 0.15) is 0 Å². The lowest BCUT2D eigenvalue weighted by molar-refractivity contribution is -0.134. The lowest BCUT2D eigenvalue weighted by Crippen LogP contribution is -1.98. The van der Waals surface area contributed by atoms with Gasteiger partial charge in [0.25, 0.3) is 0 Å². The molecule has 0 aliphatic heterocycles. The van der Waals surface area contributed by atoms with Crippen molar-refractivity contribution >= 4 is 28.0 Å². The van der Waals surface area contributed by atoms with Crippen molar-refractivity contribution in [2.45, 2.75) is 0 Å². The number of rotatable bonds is 2. The molecule has 0 aliphatic rings. The van der Waals surface area contributed by atoms with Crippen LogP contribution in [0.5, 0.6) is 0 Å². The first-order chi connectivity index (χ1) is 6.02. The van der Waals surface area contributed by atoms with Crippen LogP contribution in [0.4, 0.5) is 4.39 Å². The van der Waals surface area contributed by atoms with Crippen LogP contribution < -0.4 is 0 Å². The number of aliphatic carboxylic acids is 1. The standard InChI is InChI=1S/C6H5BrFN3O2/c1-11-4(5(7)9-10-11)2-3(8)6(12)13/h2H,1H3,(H,12,13)/b3-2+. The summed E-state index contributed by atoms with van der Waals surface area (Å²) in [4.78, 5) is 10.1. The number of carbonyl (C=O) groups is 1. The van der Waals surface area contributed by atoms with Gasteiger partial charge in [0.2, 0.25) is 5.83 Å². The number of hydrogen-bond acceptors (Lipinski definition) is 3. The van der Waals surface area contributed by atoms with Crippen LogP contribution in [0.3, 0.4) is 0 Å². The van der Waals surface area contributed by atoms with E-state index in [0.29, 0.717) is 4.60 Å². The minimum atomic E-state index is -1.62. The molecule has 0 fully saturated rings. The topological polar surface area (TPSA) is 68.0 Å². The van der Waals surface area contributed by atoms with Crippen LogP contribution in [0, 0.1) is 0 Å². The highest BCUT2D eigenvalue weighted by Crippen LogP contribution is 2.15. The second-order valence-electron chi connectivity index (χ2n) is 2.19. The van der Waals surface area contributed by atoms with Crippen molar-refractivity contribution in [1.29, 1.82) is 0 Å². The van der Waals surface area contributed by atoms with Gasteiger partial charge in [-0.05, 0) is 15.9 Å². The van der Waals surface area contributed by atoms with Crippen LogP contribution in [-0.4, -0.2) is 26.1 Å². The monoisotopic (exact) mass is 249 g/mol. The highest BCUT2D eigenvalue weighted by Gasteiger charge is 2.10. The van der Waals surface area contributed by atoms with Gasteiger partial charge in [0, 0.05) is 13.1 Å². The maximum Gasteiger partial charge on any atom is 0.364 e. The summed E-state index contributed by atoms with van der Waals surface area (Å²) in [6.45, 7) is 0. The molecule has 1 heterocycles. The highest BCUT2D eigenvalue weighted by atomic mass is 79.9. The number of carboxylic acid groups (broad SMARTS) is 1. The van der Waals surface area contributed by atoms with Crippen molar-refractivity contribution in [3.8, 4) is 0 Å². The molecule has 0 spiro atoms. The molecule has 0 unspecified atom stereocenters. The first-order valence-electron chi connectivity index (χ1n) is 3.18. The van der Waals surface area contributed by atoms with Gasteiger partial charge in [-0.25, -0.2) is 9.48 Å². The maximum absolute atomic E-state index is 12.6. The number of hydrogen-bond donors (Lipinski definition) is 1. The summed E-state index contributed by atoms with van der Waals surface area (Å²) in [5, 5.41) is 15.4. The van der Waals surface area contributed by atoms with Crippen LogP contribution in [0.25, 0.3) is 6.08 Å². The van der Waals surface area contributed by atoms with E-state index in [9.17, 15) is 9.18 Å². The normalized spacial score (nSPS) is 11.8. The van der Waals surface area contributed by atoms with Crippen molar-refractivity contribution in [3.05, 3.63) is 16.1 Å². The summed E-state index contributed by atoms with van der Waals surface area (Å²) in [6.07, 6.45) is 0.840. The fourth-order valence-corrected chi connectivity index (χ4v) is 1.12. The van der Waals surface area contributed by atoms with E-state index in [1.807, 2.05) is 0 Å². The van der Waals surface area contributed by atoms with Crippen molar-refractivity contribution in [2.24, 2.45) is 7.05 Å². The van der Waals surface area contributed by atoms with Gasteiger partial charge in [0.05, 0.1) is 5.69 Å². The van der Waals surface area contributed by atoms with Crippen molar-refractivity contribution in [2.75, 3.05) is 0 Å². The minimum Gasteiger partial charge on any atom is -0.476 e. The Bertz CT molecular complexity index is 354. The van der Waals surface area contributed by atoms with Gasteiger partial charge < -0.3 is 5.11 Å². The van der Waals surface area contributed by atoms with Gasteiger partial charge in [-0.2, -0.15) is 4.39 Å². The van der Waals surface area contributed by atoms with Crippen molar-refractivity contribution < 1.29 is 14.3 Å². The van der Waals surface area contributed by atoms with E-state index in [2.05, 4.69) is 26.2 Å². The van der Waals surface area contributed by atoms with E-state index in [4.69, 9.17) is 5.11 Å². The molecule has 13 heavy (non-hydrogen) atoms. The number of nitrogens with zero attached hydrogens (tertiary/aromatic N) is 3. The Morgan fingerprint density at radius 3 is 2.77 bits per heavy atom. The SMILES string of the molecule is Cn1nnc(Br)c1/C=C(/F)C(=O)O. The predicted molar refractivity (Wildman–Crippen MR) is 45.4 cm³/mol. The Kier molecular flexibility index (Phi) is 2.76. The molecule has 0 amide bonds. The molecule has 1 rings (SSSR count). The van der Waals surface area contributed by atoms with Gasteiger partial charge in [0.15, 0.2) is 4.60 Å². The summed E-state index contributed by atoms with van der Waals surface area (Å²) in [5.41, 5.74) is 0.264. The Morgan fingerprint density at radius 1 is 1.77 bits per heavy atom. The second kappa shape index (κ2) is 3.65. The lowest BCUT2D eigenvalue weighted by Gasteiger charge is -1.92. The summed E-state index contributed by atoms with van der Waals surface area (Å²) < 4.78 is 14.2. The molecule has 0 aliphatic carbocycles. The average Bonchev–Trinajstić information content (AvgIpc) is 2.35. The Hall–Kier alpha value is -1.24. The van der Waals surface area contributed by atoms with E-state index in [1.54, 1.807) is 0 Å². The Labute approximate surface area is 81.0 Å². The largest absolute Gasteiger partial charge is 0.476 e. The summed E-state index contributed by atoms with van der Waals surface area (Å²) in [7, 11) is 1.53.